The van der Waals surface area contributed by atoms with Gasteiger partial charge in [-0.15, -0.1) is 0 Å². The number of aromatic nitrogens is 3. The predicted octanol–water partition coefficient (Wildman–Crippen LogP) is 2.54. The van der Waals surface area contributed by atoms with Crippen molar-refractivity contribution in [1.82, 2.24) is 20.5 Å². The van der Waals surface area contributed by atoms with E-state index in [0.717, 1.165) is 37.1 Å². The molecule has 2 aromatic heterocycles. The van der Waals surface area contributed by atoms with Gasteiger partial charge in [0.2, 0.25) is 5.88 Å². The highest BCUT2D eigenvalue weighted by Gasteiger charge is 2.25. The summed E-state index contributed by atoms with van der Waals surface area (Å²) in [5, 5.41) is 10.0. The van der Waals surface area contributed by atoms with E-state index in [2.05, 4.69) is 20.5 Å². The molecular formula is C17H22N4O2. The van der Waals surface area contributed by atoms with Gasteiger partial charge >= 0.3 is 0 Å². The highest BCUT2D eigenvalue weighted by molar-refractivity contribution is 5.96. The molecule has 1 fully saturated rings. The molecule has 6 heteroatoms. The molecule has 0 spiro atoms. The third-order valence-corrected chi connectivity index (χ3v) is 4.29. The predicted molar refractivity (Wildman–Crippen MR) is 86.4 cm³/mol. The third-order valence-electron chi connectivity index (χ3n) is 4.29. The van der Waals surface area contributed by atoms with Gasteiger partial charge in [0.25, 0.3) is 5.91 Å². The Morgan fingerprint density at radius 3 is 2.65 bits per heavy atom. The Labute approximate surface area is 135 Å². The number of ether oxygens (including phenoxy) is 1. The van der Waals surface area contributed by atoms with Gasteiger partial charge in [-0.05, 0) is 45.6 Å². The molecule has 2 N–H and O–H groups in total. The summed E-state index contributed by atoms with van der Waals surface area (Å²) in [6.07, 6.45) is 5.58. The molecule has 2 aromatic rings. The number of aryl methyl sites for hydroxylation is 2. The third kappa shape index (κ3) is 3.70. The van der Waals surface area contributed by atoms with Crippen LogP contribution in [0.1, 0.15) is 47.4 Å². The summed E-state index contributed by atoms with van der Waals surface area (Å²) in [6, 6.07) is 5.86. The van der Waals surface area contributed by atoms with E-state index >= 15 is 0 Å². The summed E-state index contributed by atoms with van der Waals surface area (Å²) in [5.41, 5.74) is 2.22. The highest BCUT2D eigenvalue weighted by atomic mass is 16.5. The second kappa shape index (κ2) is 6.81. The quantitative estimate of drug-likeness (QED) is 0.909. The highest BCUT2D eigenvalue weighted by Crippen LogP contribution is 2.23. The summed E-state index contributed by atoms with van der Waals surface area (Å²) in [6.45, 7) is 3.71. The van der Waals surface area contributed by atoms with Crippen LogP contribution in [-0.2, 0) is 0 Å². The van der Waals surface area contributed by atoms with Crippen LogP contribution in [0.25, 0.3) is 0 Å². The van der Waals surface area contributed by atoms with E-state index in [-0.39, 0.29) is 18.1 Å². The summed E-state index contributed by atoms with van der Waals surface area (Å²) >= 11 is 0. The fourth-order valence-corrected chi connectivity index (χ4v) is 3.06. The molecule has 0 aliphatic heterocycles. The van der Waals surface area contributed by atoms with Crippen molar-refractivity contribution in [2.24, 2.45) is 0 Å². The summed E-state index contributed by atoms with van der Waals surface area (Å²) in [5.74, 6) is 0.632. The van der Waals surface area contributed by atoms with Crippen LogP contribution in [0.15, 0.2) is 24.4 Å². The van der Waals surface area contributed by atoms with Crippen LogP contribution in [0, 0.1) is 13.8 Å². The monoisotopic (exact) mass is 314 g/mol. The van der Waals surface area contributed by atoms with E-state index < -0.39 is 0 Å². The number of H-pyrrole nitrogens is 1. The van der Waals surface area contributed by atoms with Crippen molar-refractivity contribution in [3.8, 4) is 5.88 Å². The summed E-state index contributed by atoms with van der Waals surface area (Å²) in [4.78, 5) is 16.6. The zero-order chi connectivity index (χ0) is 16.2. The van der Waals surface area contributed by atoms with E-state index in [0.29, 0.717) is 11.4 Å². The van der Waals surface area contributed by atoms with Gasteiger partial charge in [-0.3, -0.25) is 9.89 Å². The summed E-state index contributed by atoms with van der Waals surface area (Å²) in [7, 11) is 0. The second-order valence-electron chi connectivity index (χ2n) is 6.04. The molecule has 3 rings (SSSR count). The molecule has 1 amide bonds. The topological polar surface area (TPSA) is 79.9 Å². The van der Waals surface area contributed by atoms with Crippen molar-refractivity contribution in [1.29, 1.82) is 0 Å². The molecule has 23 heavy (non-hydrogen) atoms. The zero-order valence-corrected chi connectivity index (χ0v) is 13.5. The molecular weight excluding hydrogens is 292 g/mol. The number of hydrogen-bond donors (Lipinski definition) is 2. The SMILES string of the molecule is Cc1n[nH]c(C)c1C(=O)NC1CCC(Oc2ccccn2)CC1. The molecule has 1 aliphatic carbocycles. The first-order valence-electron chi connectivity index (χ1n) is 8.03. The molecule has 6 nitrogen and oxygen atoms in total. The van der Waals surface area contributed by atoms with Crippen LogP contribution in [0.4, 0.5) is 0 Å². The van der Waals surface area contributed by atoms with Crippen molar-refractivity contribution in [3.05, 3.63) is 41.3 Å². The maximum Gasteiger partial charge on any atom is 0.255 e. The minimum absolute atomic E-state index is 0.0390. The number of carbonyl (C=O) groups is 1. The Balaban J connectivity index is 1.50. The number of nitrogens with zero attached hydrogens (tertiary/aromatic N) is 2. The molecule has 122 valence electrons. The molecule has 0 bridgehead atoms. The summed E-state index contributed by atoms with van der Waals surface area (Å²) < 4.78 is 5.88. The minimum Gasteiger partial charge on any atom is -0.474 e. The van der Waals surface area contributed by atoms with Gasteiger partial charge in [0.1, 0.15) is 6.10 Å². The van der Waals surface area contributed by atoms with E-state index in [4.69, 9.17) is 4.74 Å². The van der Waals surface area contributed by atoms with Gasteiger partial charge in [0.05, 0.1) is 11.3 Å². The maximum absolute atomic E-state index is 12.4. The average Bonchev–Trinajstić information content (AvgIpc) is 2.89. The lowest BCUT2D eigenvalue weighted by atomic mass is 9.92. The standard InChI is InChI=1S/C17H22N4O2/c1-11-16(12(2)21-20-11)17(22)19-13-6-8-14(9-7-13)23-15-5-3-4-10-18-15/h3-5,10,13-14H,6-9H2,1-2H3,(H,19,22)(H,20,21). The molecule has 1 saturated carbocycles. The Bertz CT molecular complexity index is 641. The van der Waals surface area contributed by atoms with Crippen molar-refractivity contribution < 1.29 is 9.53 Å². The van der Waals surface area contributed by atoms with E-state index in [1.54, 1.807) is 6.20 Å². The molecule has 2 heterocycles. The Hall–Kier alpha value is -2.37. The lowest BCUT2D eigenvalue weighted by Gasteiger charge is -2.29. The Morgan fingerprint density at radius 1 is 1.26 bits per heavy atom. The lowest BCUT2D eigenvalue weighted by molar-refractivity contribution is 0.0889. The van der Waals surface area contributed by atoms with E-state index in [1.807, 2.05) is 32.0 Å². The molecule has 0 radical (unpaired) electrons. The lowest BCUT2D eigenvalue weighted by Crippen LogP contribution is -2.40. The number of nitrogens with one attached hydrogen (secondary N) is 2. The Kier molecular flexibility index (Phi) is 4.60. The molecule has 0 atom stereocenters. The van der Waals surface area contributed by atoms with Crippen LogP contribution < -0.4 is 10.1 Å². The van der Waals surface area contributed by atoms with Gasteiger partial charge in [-0.2, -0.15) is 5.10 Å². The number of amides is 1. The van der Waals surface area contributed by atoms with Crippen LogP contribution in [0.2, 0.25) is 0 Å². The number of carbonyl (C=O) groups excluding carboxylic acids is 1. The van der Waals surface area contributed by atoms with Gasteiger partial charge < -0.3 is 10.1 Å². The second-order valence-corrected chi connectivity index (χ2v) is 6.04. The van der Waals surface area contributed by atoms with Gasteiger partial charge in [-0.25, -0.2) is 4.98 Å². The van der Waals surface area contributed by atoms with Crippen molar-refractivity contribution in [2.75, 3.05) is 0 Å². The van der Waals surface area contributed by atoms with Crippen LogP contribution >= 0.6 is 0 Å². The Morgan fingerprint density at radius 2 is 2.04 bits per heavy atom. The van der Waals surface area contributed by atoms with Crippen molar-refractivity contribution in [2.45, 2.75) is 51.7 Å². The number of hydrogen-bond acceptors (Lipinski definition) is 4. The first-order valence-corrected chi connectivity index (χ1v) is 8.03. The first-order chi connectivity index (χ1) is 11.1. The molecule has 0 aromatic carbocycles. The maximum atomic E-state index is 12.4. The minimum atomic E-state index is -0.0390. The van der Waals surface area contributed by atoms with Crippen LogP contribution in [-0.4, -0.2) is 33.2 Å². The van der Waals surface area contributed by atoms with Gasteiger partial charge in [0.15, 0.2) is 0 Å². The molecule has 0 unspecified atom stereocenters. The van der Waals surface area contributed by atoms with Gasteiger partial charge in [0, 0.05) is 24.0 Å². The number of rotatable bonds is 4. The van der Waals surface area contributed by atoms with Crippen molar-refractivity contribution in [3.63, 3.8) is 0 Å². The zero-order valence-electron chi connectivity index (χ0n) is 13.5. The number of pyridine rings is 1. The van der Waals surface area contributed by atoms with Crippen LogP contribution in [0.3, 0.4) is 0 Å². The fraction of sp³-hybridized carbons (Fsp3) is 0.471. The normalized spacial score (nSPS) is 21.0. The van der Waals surface area contributed by atoms with Crippen LogP contribution in [0.5, 0.6) is 5.88 Å². The van der Waals surface area contributed by atoms with E-state index in [1.165, 1.54) is 0 Å². The first kappa shape index (κ1) is 15.5. The van der Waals surface area contributed by atoms with Crippen molar-refractivity contribution >= 4 is 5.91 Å². The largest absolute Gasteiger partial charge is 0.474 e. The average molecular weight is 314 g/mol. The number of aromatic amines is 1. The fourth-order valence-electron chi connectivity index (χ4n) is 3.06. The molecule has 0 saturated heterocycles. The van der Waals surface area contributed by atoms with Gasteiger partial charge in [-0.1, -0.05) is 6.07 Å². The molecule has 1 aliphatic rings. The van der Waals surface area contributed by atoms with E-state index in [9.17, 15) is 4.79 Å². The smallest absolute Gasteiger partial charge is 0.255 e.